The Labute approximate surface area is 88.4 Å². The zero-order valence-corrected chi connectivity index (χ0v) is 9.91. The fraction of sp³-hybridized carbons (Fsp3) is 0.625. The summed E-state index contributed by atoms with van der Waals surface area (Å²) in [5.41, 5.74) is 1.03. The van der Waals surface area contributed by atoms with E-state index in [-0.39, 0.29) is 0 Å². The van der Waals surface area contributed by atoms with Crippen LogP contribution in [0.15, 0.2) is 5.38 Å². The van der Waals surface area contributed by atoms with Gasteiger partial charge in [-0.15, -0.1) is 11.3 Å². The van der Waals surface area contributed by atoms with Crippen molar-refractivity contribution >= 4 is 21.4 Å². The maximum Gasteiger partial charge on any atom is 0.208 e. The molecule has 0 fully saturated rings. The molecule has 1 N–H and O–H groups in total. The minimum absolute atomic E-state index is 0.484. The van der Waals surface area contributed by atoms with Gasteiger partial charge in [0.25, 0.3) is 0 Å². The highest BCUT2D eigenvalue weighted by molar-refractivity contribution is 7.88. The Morgan fingerprint density at radius 1 is 1.57 bits per heavy atom. The van der Waals surface area contributed by atoms with E-state index >= 15 is 0 Å². The van der Waals surface area contributed by atoms with Crippen LogP contribution in [0, 0.1) is 6.92 Å². The van der Waals surface area contributed by atoms with Crippen molar-refractivity contribution < 1.29 is 8.42 Å². The molecule has 6 heteroatoms. The second-order valence-corrected chi connectivity index (χ2v) is 5.93. The molecule has 0 spiro atoms. The van der Waals surface area contributed by atoms with Gasteiger partial charge in [0.15, 0.2) is 0 Å². The molecule has 1 aromatic rings. The fourth-order valence-electron chi connectivity index (χ4n) is 1.01. The molecule has 0 radical (unpaired) electrons. The first-order chi connectivity index (χ1) is 6.47. The molecule has 0 amide bonds. The predicted molar refractivity (Wildman–Crippen MR) is 58.0 cm³/mol. The summed E-state index contributed by atoms with van der Waals surface area (Å²) in [4.78, 5) is 4.29. The molecule has 80 valence electrons. The van der Waals surface area contributed by atoms with Crippen LogP contribution in [0.2, 0.25) is 0 Å². The van der Waals surface area contributed by atoms with Crippen LogP contribution in [0.5, 0.6) is 0 Å². The first-order valence-corrected chi connectivity index (χ1v) is 7.10. The molecule has 4 nitrogen and oxygen atoms in total. The van der Waals surface area contributed by atoms with E-state index in [1.54, 1.807) is 11.3 Å². The lowest BCUT2D eigenvalue weighted by Gasteiger charge is -1.99. The summed E-state index contributed by atoms with van der Waals surface area (Å²) < 4.78 is 23.9. The van der Waals surface area contributed by atoms with Gasteiger partial charge in [0.2, 0.25) is 10.0 Å². The maximum atomic E-state index is 10.7. The van der Waals surface area contributed by atoms with E-state index in [1.165, 1.54) is 6.26 Å². The van der Waals surface area contributed by atoms with Crippen molar-refractivity contribution in [2.24, 2.45) is 0 Å². The fourth-order valence-corrected chi connectivity index (χ4v) is 2.35. The predicted octanol–water partition coefficient (Wildman–Crippen LogP) is 0.933. The van der Waals surface area contributed by atoms with E-state index in [9.17, 15) is 8.42 Å². The number of aromatic nitrogens is 1. The molecule has 14 heavy (non-hydrogen) atoms. The summed E-state index contributed by atoms with van der Waals surface area (Å²) >= 11 is 1.62. The van der Waals surface area contributed by atoms with Gasteiger partial charge in [-0.05, 0) is 13.3 Å². The molecule has 0 aliphatic rings. The molecule has 1 heterocycles. The van der Waals surface area contributed by atoms with E-state index in [0.717, 1.165) is 23.5 Å². The second-order valence-electron chi connectivity index (χ2n) is 3.15. The van der Waals surface area contributed by atoms with Gasteiger partial charge in [-0.3, -0.25) is 0 Å². The third kappa shape index (κ3) is 4.69. The number of nitrogens with one attached hydrogen (secondary N) is 1. The van der Waals surface area contributed by atoms with Crippen molar-refractivity contribution in [3.63, 3.8) is 0 Å². The Morgan fingerprint density at radius 3 is 2.79 bits per heavy atom. The molecule has 1 rings (SSSR count). The van der Waals surface area contributed by atoms with Crippen LogP contribution in [-0.2, 0) is 16.4 Å². The topological polar surface area (TPSA) is 59.1 Å². The van der Waals surface area contributed by atoms with E-state index in [0.29, 0.717) is 6.54 Å². The number of sulfonamides is 1. The van der Waals surface area contributed by atoms with Gasteiger partial charge in [-0.2, -0.15) is 0 Å². The molecule has 0 aliphatic carbocycles. The number of thiazole rings is 1. The van der Waals surface area contributed by atoms with Gasteiger partial charge < -0.3 is 0 Å². The molecule has 0 unspecified atom stereocenters. The molecular weight excluding hydrogens is 220 g/mol. The summed E-state index contributed by atoms with van der Waals surface area (Å²) in [5.74, 6) is 0. The summed E-state index contributed by atoms with van der Waals surface area (Å²) in [6, 6.07) is 0. The zero-order valence-electron chi connectivity index (χ0n) is 8.28. The van der Waals surface area contributed by atoms with Crippen molar-refractivity contribution in [2.75, 3.05) is 12.8 Å². The SMILES string of the molecule is Cc1csc(CCCNS(C)(=O)=O)n1. The van der Waals surface area contributed by atoms with Crippen molar-refractivity contribution in [1.29, 1.82) is 0 Å². The van der Waals surface area contributed by atoms with Gasteiger partial charge in [0.05, 0.1) is 11.3 Å². The highest BCUT2D eigenvalue weighted by atomic mass is 32.2. The van der Waals surface area contributed by atoms with Gasteiger partial charge in [0, 0.05) is 24.0 Å². The van der Waals surface area contributed by atoms with Crippen molar-refractivity contribution in [1.82, 2.24) is 9.71 Å². The minimum atomic E-state index is -3.04. The number of hydrogen-bond acceptors (Lipinski definition) is 4. The van der Waals surface area contributed by atoms with Crippen LogP contribution >= 0.6 is 11.3 Å². The standard InChI is InChI=1S/C8H14N2O2S2/c1-7-6-13-8(10-7)4-3-5-9-14(2,11)12/h6,9H,3-5H2,1-2H3. The first kappa shape index (κ1) is 11.6. The Kier molecular flexibility index (Phi) is 4.03. The number of hydrogen-bond donors (Lipinski definition) is 1. The Bertz CT molecular complexity index is 384. The Morgan fingerprint density at radius 2 is 2.29 bits per heavy atom. The minimum Gasteiger partial charge on any atom is -0.247 e. The Hall–Kier alpha value is -0.460. The molecule has 1 aromatic heterocycles. The normalized spacial score (nSPS) is 11.9. The highest BCUT2D eigenvalue weighted by Gasteiger charge is 2.01. The lowest BCUT2D eigenvalue weighted by Crippen LogP contribution is -2.23. The number of nitrogens with zero attached hydrogens (tertiary/aromatic N) is 1. The summed E-state index contributed by atoms with van der Waals surface area (Å²) in [6.07, 6.45) is 2.79. The molecule has 0 saturated carbocycles. The number of aryl methyl sites for hydroxylation is 2. The highest BCUT2D eigenvalue weighted by Crippen LogP contribution is 2.10. The largest absolute Gasteiger partial charge is 0.247 e. The van der Waals surface area contributed by atoms with Crippen LogP contribution in [0.1, 0.15) is 17.1 Å². The maximum absolute atomic E-state index is 10.7. The van der Waals surface area contributed by atoms with Gasteiger partial charge >= 0.3 is 0 Å². The summed E-state index contributed by atoms with van der Waals surface area (Å²) in [7, 11) is -3.04. The smallest absolute Gasteiger partial charge is 0.208 e. The van der Waals surface area contributed by atoms with Gasteiger partial charge in [-0.1, -0.05) is 0 Å². The molecule has 0 aliphatic heterocycles. The lowest BCUT2D eigenvalue weighted by atomic mass is 10.3. The first-order valence-electron chi connectivity index (χ1n) is 4.33. The number of rotatable bonds is 5. The Balaban J connectivity index is 2.23. The van der Waals surface area contributed by atoms with Gasteiger partial charge in [-0.25, -0.2) is 18.1 Å². The summed E-state index contributed by atoms with van der Waals surface area (Å²) in [5, 5.41) is 3.07. The summed E-state index contributed by atoms with van der Waals surface area (Å²) in [6.45, 7) is 2.44. The third-order valence-corrected chi connectivity index (χ3v) is 3.35. The third-order valence-electron chi connectivity index (χ3n) is 1.60. The lowest BCUT2D eigenvalue weighted by molar-refractivity contribution is 0.585. The van der Waals surface area contributed by atoms with Crippen LogP contribution < -0.4 is 4.72 Å². The molecule has 0 bridgehead atoms. The van der Waals surface area contributed by atoms with Crippen LogP contribution in [-0.4, -0.2) is 26.2 Å². The quantitative estimate of drug-likeness (QED) is 0.771. The van der Waals surface area contributed by atoms with E-state index in [2.05, 4.69) is 9.71 Å². The van der Waals surface area contributed by atoms with Crippen molar-refractivity contribution in [3.05, 3.63) is 16.1 Å². The van der Waals surface area contributed by atoms with Crippen LogP contribution in [0.4, 0.5) is 0 Å². The zero-order chi connectivity index (χ0) is 10.6. The molecule has 0 aromatic carbocycles. The van der Waals surface area contributed by atoms with E-state index in [4.69, 9.17) is 0 Å². The second kappa shape index (κ2) is 4.86. The average molecular weight is 234 g/mol. The monoisotopic (exact) mass is 234 g/mol. The molecule has 0 saturated heterocycles. The van der Waals surface area contributed by atoms with Gasteiger partial charge in [0.1, 0.15) is 0 Å². The van der Waals surface area contributed by atoms with E-state index < -0.39 is 10.0 Å². The van der Waals surface area contributed by atoms with Crippen LogP contribution in [0.3, 0.4) is 0 Å². The van der Waals surface area contributed by atoms with Crippen molar-refractivity contribution in [2.45, 2.75) is 19.8 Å². The molecule has 0 atom stereocenters. The van der Waals surface area contributed by atoms with E-state index in [1.807, 2.05) is 12.3 Å². The average Bonchev–Trinajstić information content (AvgIpc) is 2.44. The van der Waals surface area contributed by atoms with Crippen molar-refractivity contribution in [3.8, 4) is 0 Å². The van der Waals surface area contributed by atoms with Crippen LogP contribution in [0.25, 0.3) is 0 Å². The molecular formula is C8H14N2O2S2.